The van der Waals surface area contributed by atoms with Crippen LogP contribution < -0.4 is 15.2 Å². The van der Waals surface area contributed by atoms with Gasteiger partial charge in [-0.25, -0.2) is 9.82 Å². The molecule has 1 aliphatic heterocycles. The largest absolute Gasteiger partial charge is 0.322 e. The van der Waals surface area contributed by atoms with Gasteiger partial charge < -0.3 is 5.32 Å². The van der Waals surface area contributed by atoms with Crippen LogP contribution in [0, 0.1) is 19.7 Å². The summed E-state index contributed by atoms with van der Waals surface area (Å²) in [6, 6.07) is 14.1. The zero-order chi connectivity index (χ0) is 22.3. The van der Waals surface area contributed by atoms with Gasteiger partial charge in [0.1, 0.15) is 5.82 Å². The molecule has 3 aromatic rings. The topological polar surface area (TPSA) is 78.5 Å². The van der Waals surface area contributed by atoms with Crippen molar-refractivity contribution in [1.82, 2.24) is 5.43 Å². The summed E-state index contributed by atoms with van der Waals surface area (Å²) in [5, 5.41) is 2.57. The molecule has 0 fully saturated rings. The minimum absolute atomic E-state index is 0.0144. The summed E-state index contributed by atoms with van der Waals surface area (Å²) in [6.07, 6.45) is 0. The Morgan fingerprint density at radius 1 is 1.13 bits per heavy atom. The van der Waals surface area contributed by atoms with E-state index in [0.717, 1.165) is 21.6 Å². The van der Waals surface area contributed by atoms with E-state index in [-0.39, 0.29) is 15.5 Å². The number of hydrogen-bond acceptors (Lipinski definition) is 4. The third-order valence-electron chi connectivity index (χ3n) is 5.03. The second-order valence-corrected chi connectivity index (χ2v) is 9.43. The third-order valence-corrected chi connectivity index (χ3v) is 7.14. The molecule has 3 aromatic carbocycles. The summed E-state index contributed by atoms with van der Waals surface area (Å²) in [4.78, 5) is 12.7. The first-order valence-corrected chi connectivity index (χ1v) is 11.2. The molecule has 0 radical (unpaired) electrons. The Labute approximate surface area is 184 Å². The number of sulfonamides is 1. The summed E-state index contributed by atoms with van der Waals surface area (Å²) in [5.41, 5.74) is 5.51. The predicted molar refractivity (Wildman–Crippen MR) is 118 cm³/mol. The molecule has 2 N–H and O–H groups in total. The predicted octanol–water partition coefficient (Wildman–Crippen LogP) is 4.56. The molecule has 0 unspecified atom stereocenters. The van der Waals surface area contributed by atoms with Gasteiger partial charge in [-0.3, -0.25) is 4.79 Å². The van der Waals surface area contributed by atoms with Crippen molar-refractivity contribution in [2.24, 2.45) is 0 Å². The van der Waals surface area contributed by atoms with Crippen LogP contribution in [0.2, 0.25) is 5.02 Å². The molecule has 0 aromatic heterocycles. The monoisotopic (exact) mass is 459 g/mol. The van der Waals surface area contributed by atoms with Crippen LogP contribution in [0.1, 0.15) is 27.0 Å². The summed E-state index contributed by atoms with van der Waals surface area (Å²) in [5.74, 6) is -1.47. The highest BCUT2D eigenvalue weighted by molar-refractivity contribution is 7.92. The van der Waals surface area contributed by atoms with Gasteiger partial charge in [0.2, 0.25) is 0 Å². The van der Waals surface area contributed by atoms with Gasteiger partial charge in [0.15, 0.2) is 0 Å². The first kappa shape index (κ1) is 21.3. The van der Waals surface area contributed by atoms with Crippen molar-refractivity contribution in [3.63, 3.8) is 0 Å². The van der Waals surface area contributed by atoms with E-state index in [1.165, 1.54) is 18.2 Å². The van der Waals surface area contributed by atoms with E-state index in [0.29, 0.717) is 23.5 Å². The Kier molecular flexibility index (Phi) is 5.47. The van der Waals surface area contributed by atoms with Crippen LogP contribution in [0.4, 0.5) is 15.8 Å². The maximum Gasteiger partial charge on any atom is 0.278 e. The normalized spacial score (nSPS) is 13.2. The van der Waals surface area contributed by atoms with Gasteiger partial charge >= 0.3 is 0 Å². The number of fused-ring (bicyclic) bond motifs is 1. The molecule has 1 amide bonds. The lowest BCUT2D eigenvalue weighted by Gasteiger charge is -2.21. The van der Waals surface area contributed by atoms with E-state index in [9.17, 15) is 17.6 Å². The highest BCUT2D eigenvalue weighted by Gasteiger charge is 2.32. The highest BCUT2D eigenvalue weighted by Crippen LogP contribution is 2.34. The van der Waals surface area contributed by atoms with Crippen molar-refractivity contribution in [2.45, 2.75) is 25.3 Å². The van der Waals surface area contributed by atoms with E-state index >= 15 is 0 Å². The molecule has 0 saturated heterocycles. The summed E-state index contributed by atoms with van der Waals surface area (Å²) in [6.45, 7) is 3.87. The molecule has 0 saturated carbocycles. The molecule has 9 heteroatoms. The Hall–Kier alpha value is -2.94. The van der Waals surface area contributed by atoms with Gasteiger partial charge in [0, 0.05) is 12.2 Å². The smallest absolute Gasteiger partial charge is 0.278 e. The Morgan fingerprint density at radius 3 is 2.65 bits per heavy atom. The van der Waals surface area contributed by atoms with Gasteiger partial charge in [-0.2, -0.15) is 12.8 Å². The van der Waals surface area contributed by atoms with Crippen molar-refractivity contribution < 1.29 is 17.6 Å². The van der Waals surface area contributed by atoms with Crippen molar-refractivity contribution in [1.29, 1.82) is 0 Å². The van der Waals surface area contributed by atoms with Crippen molar-refractivity contribution in [2.75, 3.05) is 9.73 Å². The maximum atomic E-state index is 14.1. The number of nitrogens with one attached hydrogen (secondary N) is 2. The molecule has 160 valence electrons. The number of hydrazine groups is 1. The molecule has 31 heavy (non-hydrogen) atoms. The number of carbonyl (C=O) groups is 1. The lowest BCUT2D eigenvalue weighted by molar-refractivity contribution is 0.102. The number of nitrogens with zero attached hydrogens (tertiary/aromatic N) is 1. The molecule has 4 rings (SSSR count). The zero-order valence-electron chi connectivity index (χ0n) is 16.7. The van der Waals surface area contributed by atoms with Crippen LogP contribution in [0.5, 0.6) is 0 Å². The standard InChI is InChI=1S/C22H19ClFN3O3S/c1-13-6-7-14(2)20(10-13)31(29,30)27-19-11-16(9-8-15(19)12-25-27)26-22(28)21-17(23)4-3-5-18(21)24/h3-11,25H,12H2,1-2H3,(H,26,28). The molecular weight excluding hydrogens is 441 g/mol. The average molecular weight is 460 g/mol. The van der Waals surface area contributed by atoms with Crippen LogP contribution >= 0.6 is 11.6 Å². The number of halogens is 2. The Balaban J connectivity index is 1.68. The molecular formula is C22H19ClFN3O3S. The van der Waals surface area contributed by atoms with E-state index in [1.807, 2.05) is 13.0 Å². The fraction of sp³-hybridized carbons (Fsp3) is 0.136. The fourth-order valence-corrected chi connectivity index (χ4v) is 5.35. The molecule has 0 atom stereocenters. The summed E-state index contributed by atoms with van der Waals surface area (Å²) in [7, 11) is -3.89. The molecule has 6 nitrogen and oxygen atoms in total. The summed E-state index contributed by atoms with van der Waals surface area (Å²) >= 11 is 5.96. The Bertz CT molecular complexity index is 1290. The van der Waals surface area contributed by atoms with Crippen LogP contribution in [0.15, 0.2) is 59.5 Å². The minimum atomic E-state index is -3.89. The third kappa shape index (κ3) is 3.89. The van der Waals surface area contributed by atoms with E-state index in [4.69, 9.17) is 11.6 Å². The van der Waals surface area contributed by atoms with E-state index in [1.54, 1.807) is 31.2 Å². The van der Waals surface area contributed by atoms with Crippen LogP contribution in [0.3, 0.4) is 0 Å². The van der Waals surface area contributed by atoms with Gasteiger partial charge in [0.25, 0.3) is 15.9 Å². The van der Waals surface area contributed by atoms with Crippen LogP contribution in [-0.2, 0) is 16.6 Å². The van der Waals surface area contributed by atoms with Gasteiger partial charge in [-0.05, 0) is 60.9 Å². The molecule has 1 aliphatic rings. The van der Waals surface area contributed by atoms with Gasteiger partial charge in [0.05, 0.1) is 21.2 Å². The van der Waals surface area contributed by atoms with Crippen molar-refractivity contribution in [3.05, 3.63) is 87.7 Å². The van der Waals surface area contributed by atoms with Crippen LogP contribution in [-0.4, -0.2) is 14.3 Å². The molecule has 1 heterocycles. The lowest BCUT2D eigenvalue weighted by Crippen LogP contribution is -2.38. The molecule has 0 aliphatic carbocycles. The van der Waals surface area contributed by atoms with Crippen molar-refractivity contribution in [3.8, 4) is 0 Å². The number of rotatable bonds is 4. The lowest BCUT2D eigenvalue weighted by atomic mass is 10.1. The quantitative estimate of drug-likeness (QED) is 0.599. The first-order chi connectivity index (χ1) is 14.7. The first-order valence-electron chi connectivity index (χ1n) is 9.43. The number of hydrogen-bond donors (Lipinski definition) is 2. The second-order valence-electron chi connectivity index (χ2n) is 7.27. The van der Waals surface area contributed by atoms with E-state index in [2.05, 4.69) is 10.7 Å². The zero-order valence-corrected chi connectivity index (χ0v) is 18.3. The summed E-state index contributed by atoms with van der Waals surface area (Å²) < 4.78 is 41.8. The maximum absolute atomic E-state index is 14.1. The minimum Gasteiger partial charge on any atom is -0.322 e. The van der Waals surface area contributed by atoms with Gasteiger partial charge in [-0.15, -0.1) is 0 Å². The molecule has 0 bridgehead atoms. The number of carbonyl (C=O) groups excluding carboxylic acids is 1. The van der Waals surface area contributed by atoms with Crippen molar-refractivity contribution >= 4 is 38.9 Å². The number of anilines is 2. The average Bonchev–Trinajstić information content (AvgIpc) is 3.13. The van der Waals surface area contributed by atoms with E-state index < -0.39 is 21.7 Å². The fourth-order valence-electron chi connectivity index (χ4n) is 3.43. The molecule has 0 spiro atoms. The second kappa shape index (κ2) is 7.96. The SMILES string of the molecule is Cc1ccc(C)c(S(=O)(=O)N2NCc3ccc(NC(=O)c4c(F)cccc4Cl)cc32)c1. The van der Waals surface area contributed by atoms with Crippen LogP contribution in [0.25, 0.3) is 0 Å². The number of benzene rings is 3. The number of aryl methyl sites for hydroxylation is 2. The number of amides is 1. The highest BCUT2D eigenvalue weighted by atomic mass is 35.5. The van der Waals surface area contributed by atoms with Gasteiger partial charge in [-0.1, -0.05) is 35.9 Å². The Morgan fingerprint density at radius 2 is 1.90 bits per heavy atom.